The van der Waals surface area contributed by atoms with Gasteiger partial charge in [0.2, 0.25) is 5.91 Å². The molecule has 4 rings (SSSR count). The second kappa shape index (κ2) is 9.71. The summed E-state index contributed by atoms with van der Waals surface area (Å²) >= 11 is 0. The monoisotopic (exact) mass is 455 g/mol. The maximum Gasteiger partial charge on any atom is 0.291 e. The summed E-state index contributed by atoms with van der Waals surface area (Å²) in [5, 5.41) is 7.66. The van der Waals surface area contributed by atoms with Gasteiger partial charge in [0, 0.05) is 38.2 Å². The van der Waals surface area contributed by atoms with E-state index in [-0.39, 0.29) is 11.5 Å². The highest BCUT2D eigenvalue weighted by atomic mass is 16.3. The summed E-state index contributed by atoms with van der Waals surface area (Å²) < 4.78 is 8.95. The van der Waals surface area contributed by atoms with E-state index >= 15 is 0 Å². The zero-order valence-corrected chi connectivity index (χ0v) is 20.6. The summed E-state index contributed by atoms with van der Waals surface area (Å²) in [4.78, 5) is 28.8. The molecule has 1 amide bonds. The van der Waals surface area contributed by atoms with Crippen LogP contribution in [0.3, 0.4) is 0 Å². The summed E-state index contributed by atoms with van der Waals surface area (Å²) in [6.07, 6.45) is 3.33. The number of likely N-dealkylation sites (tertiary alicyclic amines) is 1. The minimum Gasteiger partial charge on any atom is -0.460 e. The molecule has 33 heavy (non-hydrogen) atoms. The van der Waals surface area contributed by atoms with E-state index in [9.17, 15) is 9.59 Å². The third-order valence-corrected chi connectivity index (χ3v) is 6.72. The number of furan rings is 1. The van der Waals surface area contributed by atoms with Crippen LogP contribution < -0.4 is 10.9 Å². The van der Waals surface area contributed by atoms with Crippen LogP contribution in [0.25, 0.3) is 16.6 Å². The largest absolute Gasteiger partial charge is 0.460 e. The maximum absolute atomic E-state index is 13.3. The summed E-state index contributed by atoms with van der Waals surface area (Å²) in [7, 11) is 0. The van der Waals surface area contributed by atoms with E-state index in [1.807, 2.05) is 31.2 Å². The Hall–Kier alpha value is -2.61. The van der Waals surface area contributed by atoms with Gasteiger partial charge < -0.3 is 14.6 Å². The van der Waals surface area contributed by atoms with Gasteiger partial charge in [-0.2, -0.15) is 5.10 Å². The summed E-state index contributed by atoms with van der Waals surface area (Å²) in [6, 6.07) is 3.04. The number of nitrogens with one attached hydrogen (secondary N) is 1. The number of nitrogens with zero attached hydrogens (tertiary/aromatic N) is 4. The van der Waals surface area contributed by atoms with E-state index in [0.29, 0.717) is 30.5 Å². The quantitative estimate of drug-likeness (QED) is 0.525. The van der Waals surface area contributed by atoms with Gasteiger partial charge >= 0.3 is 0 Å². The molecule has 1 N–H and O–H groups in total. The highest BCUT2D eigenvalue weighted by molar-refractivity contribution is 5.83. The Kier molecular flexibility index (Phi) is 6.93. The first-order valence-corrected chi connectivity index (χ1v) is 12.4. The van der Waals surface area contributed by atoms with Crippen molar-refractivity contribution in [2.75, 3.05) is 26.2 Å². The summed E-state index contributed by atoms with van der Waals surface area (Å²) in [5.41, 5.74) is 1.73. The molecular formula is C25H37N5O3. The second-order valence-corrected chi connectivity index (χ2v) is 9.77. The lowest BCUT2D eigenvalue weighted by atomic mass is 9.92. The van der Waals surface area contributed by atoms with Crippen molar-refractivity contribution in [1.29, 1.82) is 0 Å². The van der Waals surface area contributed by atoms with Crippen molar-refractivity contribution in [2.24, 2.45) is 11.8 Å². The van der Waals surface area contributed by atoms with Crippen molar-refractivity contribution in [3.8, 4) is 0 Å². The van der Waals surface area contributed by atoms with E-state index in [1.54, 1.807) is 6.07 Å². The molecule has 0 aromatic carbocycles. The van der Waals surface area contributed by atoms with E-state index in [0.717, 1.165) is 55.0 Å². The van der Waals surface area contributed by atoms with Crippen LogP contribution in [0.15, 0.2) is 21.3 Å². The third-order valence-electron chi connectivity index (χ3n) is 6.72. The van der Waals surface area contributed by atoms with E-state index in [1.165, 1.54) is 11.1 Å². The van der Waals surface area contributed by atoms with Crippen molar-refractivity contribution in [3.63, 3.8) is 0 Å². The lowest BCUT2D eigenvalue weighted by molar-refractivity contribution is -0.124. The molecule has 180 valence electrons. The molecule has 0 saturated carbocycles. The standard InChI is InChI=1S/C25H37N5O3/c1-6-19(24(31)26-9-8-10-28-14-16(3)11-17(4)15-28)30-25(32)21-13-22-20(12-18(5)33-22)29(21)23(7-2)27-30/h12-13,16-17,19H,6-11,14-15H2,1-5H3,(H,26,31)/t16-,17-,19+/m0/s1. The SMILES string of the molecule is CCc1nn([C@H](CC)C(=O)NCCCN2C[C@@H](C)C[C@H](C)C2)c(=O)c2cc3oc(C)cc3n12. The zero-order chi connectivity index (χ0) is 23.7. The van der Waals surface area contributed by atoms with Gasteiger partial charge in [-0.1, -0.05) is 27.7 Å². The van der Waals surface area contributed by atoms with Crippen molar-refractivity contribution in [2.45, 2.75) is 66.3 Å². The highest BCUT2D eigenvalue weighted by Gasteiger charge is 2.25. The van der Waals surface area contributed by atoms with Crippen molar-refractivity contribution < 1.29 is 9.21 Å². The zero-order valence-electron chi connectivity index (χ0n) is 20.6. The van der Waals surface area contributed by atoms with Gasteiger partial charge in [-0.3, -0.25) is 14.0 Å². The fourth-order valence-corrected chi connectivity index (χ4v) is 5.40. The van der Waals surface area contributed by atoms with Gasteiger partial charge in [-0.15, -0.1) is 0 Å². The molecule has 1 saturated heterocycles. The molecule has 1 aliphatic rings. The predicted octanol–water partition coefficient (Wildman–Crippen LogP) is 3.55. The third kappa shape index (κ3) is 4.71. The van der Waals surface area contributed by atoms with Crippen LogP contribution in [-0.2, 0) is 11.2 Å². The minimum atomic E-state index is -0.634. The van der Waals surface area contributed by atoms with Gasteiger partial charge in [0.15, 0.2) is 5.58 Å². The number of hydrogen-bond acceptors (Lipinski definition) is 5. The smallest absolute Gasteiger partial charge is 0.291 e. The van der Waals surface area contributed by atoms with Crippen molar-refractivity contribution in [1.82, 2.24) is 24.4 Å². The second-order valence-electron chi connectivity index (χ2n) is 9.77. The first kappa shape index (κ1) is 23.5. The lowest BCUT2D eigenvalue weighted by Gasteiger charge is -2.35. The number of rotatable bonds is 8. The minimum absolute atomic E-state index is 0.148. The number of fused-ring (bicyclic) bond motifs is 3. The molecule has 8 heteroatoms. The molecule has 0 unspecified atom stereocenters. The van der Waals surface area contributed by atoms with Crippen LogP contribution in [0.4, 0.5) is 0 Å². The van der Waals surface area contributed by atoms with Gasteiger partial charge in [-0.25, -0.2) is 4.68 Å². The van der Waals surface area contributed by atoms with Crippen LogP contribution in [0.5, 0.6) is 0 Å². The fourth-order valence-electron chi connectivity index (χ4n) is 5.40. The molecule has 3 atom stereocenters. The molecule has 8 nitrogen and oxygen atoms in total. The molecule has 0 aliphatic carbocycles. The Morgan fingerprint density at radius 3 is 2.61 bits per heavy atom. The Morgan fingerprint density at radius 1 is 1.21 bits per heavy atom. The molecule has 0 spiro atoms. The molecule has 0 radical (unpaired) electrons. The molecule has 1 aliphatic heterocycles. The number of carbonyl (C=O) groups excluding carboxylic acids is 1. The number of amides is 1. The maximum atomic E-state index is 13.3. The van der Waals surface area contributed by atoms with E-state index in [2.05, 4.69) is 29.2 Å². The van der Waals surface area contributed by atoms with Gasteiger partial charge in [0.25, 0.3) is 5.56 Å². The van der Waals surface area contributed by atoms with E-state index < -0.39 is 6.04 Å². The fraction of sp³-hybridized carbons (Fsp3) is 0.640. The Balaban J connectivity index is 1.48. The molecular weight excluding hydrogens is 418 g/mol. The van der Waals surface area contributed by atoms with Crippen molar-refractivity contribution >= 4 is 22.5 Å². The van der Waals surface area contributed by atoms with Crippen LogP contribution >= 0.6 is 0 Å². The van der Waals surface area contributed by atoms with E-state index in [4.69, 9.17) is 4.42 Å². The summed E-state index contributed by atoms with van der Waals surface area (Å²) in [5.74, 6) is 2.84. The van der Waals surface area contributed by atoms with Crippen molar-refractivity contribution in [3.05, 3.63) is 34.1 Å². The average molecular weight is 456 g/mol. The molecule has 0 bridgehead atoms. The molecule has 1 fully saturated rings. The molecule has 4 heterocycles. The average Bonchev–Trinajstić information content (AvgIpc) is 3.29. The Labute approximate surface area is 194 Å². The molecule has 3 aromatic heterocycles. The predicted molar refractivity (Wildman–Crippen MR) is 130 cm³/mol. The van der Waals surface area contributed by atoms with Gasteiger partial charge in [0.1, 0.15) is 23.1 Å². The highest BCUT2D eigenvalue weighted by Crippen LogP contribution is 2.24. The first-order chi connectivity index (χ1) is 15.8. The topological polar surface area (TPSA) is 84.8 Å². The number of piperidine rings is 1. The first-order valence-electron chi connectivity index (χ1n) is 12.4. The number of aromatic nitrogens is 3. The normalized spacial score (nSPS) is 20.5. The number of hydrogen-bond donors (Lipinski definition) is 1. The van der Waals surface area contributed by atoms with Crippen LogP contribution in [-0.4, -0.2) is 51.2 Å². The number of aryl methyl sites for hydroxylation is 2. The molecule has 3 aromatic rings. The summed E-state index contributed by atoms with van der Waals surface area (Å²) in [6.45, 7) is 14.3. The van der Waals surface area contributed by atoms with Crippen LogP contribution in [0, 0.1) is 18.8 Å². The van der Waals surface area contributed by atoms with Crippen LogP contribution in [0.1, 0.15) is 64.6 Å². The lowest BCUT2D eigenvalue weighted by Crippen LogP contribution is -2.42. The Bertz CT molecular complexity index is 1180. The number of carbonyl (C=O) groups is 1. The Morgan fingerprint density at radius 2 is 1.94 bits per heavy atom. The van der Waals surface area contributed by atoms with Crippen LogP contribution in [0.2, 0.25) is 0 Å². The van der Waals surface area contributed by atoms with Gasteiger partial charge in [-0.05, 0) is 44.6 Å². The van der Waals surface area contributed by atoms with Gasteiger partial charge in [0.05, 0.1) is 5.52 Å².